The van der Waals surface area contributed by atoms with E-state index in [1.54, 1.807) is 0 Å². The highest BCUT2D eigenvalue weighted by Gasteiger charge is 2.44. The zero-order valence-electron chi connectivity index (χ0n) is 6.25. The van der Waals surface area contributed by atoms with Gasteiger partial charge in [-0.05, 0) is 0 Å². The molecule has 1 saturated heterocycles. The van der Waals surface area contributed by atoms with E-state index in [4.69, 9.17) is 21.4 Å². The van der Waals surface area contributed by atoms with Crippen LogP contribution in [0.3, 0.4) is 0 Å². The standard InChI is InChI=1S/C7H10O5/c1-2-11-6-5(9)4(3-8)12-7(6)10/h1,4-10H,3H2/t4-,5+,6-,7?/m1/s1. The molecule has 0 spiro atoms. The minimum atomic E-state index is -1.28. The van der Waals surface area contributed by atoms with E-state index < -0.39 is 24.6 Å². The molecule has 0 saturated carbocycles. The summed E-state index contributed by atoms with van der Waals surface area (Å²) in [5.41, 5.74) is 0. The van der Waals surface area contributed by atoms with Crippen LogP contribution in [0.15, 0.2) is 0 Å². The van der Waals surface area contributed by atoms with Gasteiger partial charge in [0.05, 0.1) is 6.61 Å². The first-order valence-electron chi connectivity index (χ1n) is 3.44. The molecule has 1 unspecified atom stereocenters. The fourth-order valence-corrected chi connectivity index (χ4v) is 1.07. The van der Waals surface area contributed by atoms with Crippen molar-refractivity contribution in [3.8, 4) is 12.5 Å². The topological polar surface area (TPSA) is 79.2 Å². The molecule has 0 bridgehead atoms. The highest BCUT2D eigenvalue weighted by Crippen LogP contribution is 2.21. The Morgan fingerprint density at radius 3 is 2.58 bits per heavy atom. The molecule has 0 aromatic heterocycles. The van der Waals surface area contributed by atoms with Gasteiger partial charge in [0, 0.05) is 0 Å². The summed E-state index contributed by atoms with van der Waals surface area (Å²) in [6.45, 7) is -0.386. The van der Waals surface area contributed by atoms with Crippen molar-refractivity contribution in [1.29, 1.82) is 0 Å². The zero-order chi connectivity index (χ0) is 9.14. The van der Waals surface area contributed by atoms with Crippen LogP contribution in [0.4, 0.5) is 0 Å². The molecule has 0 amide bonds. The second-order valence-electron chi connectivity index (χ2n) is 2.44. The smallest absolute Gasteiger partial charge is 0.196 e. The predicted octanol–water partition coefficient (Wildman–Crippen LogP) is -1.97. The molecule has 0 aliphatic carbocycles. The SMILES string of the molecule is C#CO[C@H]1C(O)O[C@H](CO)[C@@H]1O. The van der Waals surface area contributed by atoms with E-state index in [0.717, 1.165) is 0 Å². The van der Waals surface area contributed by atoms with E-state index >= 15 is 0 Å². The van der Waals surface area contributed by atoms with Crippen molar-refractivity contribution in [2.75, 3.05) is 6.61 Å². The van der Waals surface area contributed by atoms with Gasteiger partial charge in [0.2, 0.25) is 0 Å². The molecular weight excluding hydrogens is 164 g/mol. The van der Waals surface area contributed by atoms with E-state index in [-0.39, 0.29) is 6.61 Å². The highest BCUT2D eigenvalue weighted by molar-refractivity contribution is 4.89. The molecule has 1 fully saturated rings. The number of aliphatic hydroxyl groups is 3. The fraction of sp³-hybridized carbons (Fsp3) is 0.714. The molecule has 0 aromatic rings. The molecule has 1 aliphatic heterocycles. The monoisotopic (exact) mass is 174 g/mol. The summed E-state index contributed by atoms with van der Waals surface area (Å²) in [5, 5.41) is 27.0. The first-order chi connectivity index (χ1) is 5.70. The summed E-state index contributed by atoms with van der Waals surface area (Å²) in [6.07, 6.45) is 2.45. The van der Waals surface area contributed by atoms with Gasteiger partial charge in [0.1, 0.15) is 18.3 Å². The van der Waals surface area contributed by atoms with Crippen LogP contribution in [0, 0.1) is 12.5 Å². The maximum Gasteiger partial charge on any atom is 0.196 e. The van der Waals surface area contributed by atoms with Crippen molar-refractivity contribution in [1.82, 2.24) is 0 Å². The third-order valence-corrected chi connectivity index (χ3v) is 1.70. The van der Waals surface area contributed by atoms with Crippen LogP contribution in [0.1, 0.15) is 0 Å². The summed E-state index contributed by atoms with van der Waals surface area (Å²) in [4.78, 5) is 0. The lowest BCUT2D eigenvalue weighted by Gasteiger charge is -2.13. The van der Waals surface area contributed by atoms with Gasteiger partial charge in [0.15, 0.2) is 12.4 Å². The number of rotatable bonds is 2. The van der Waals surface area contributed by atoms with Crippen molar-refractivity contribution in [2.24, 2.45) is 0 Å². The Labute approximate surface area is 69.5 Å². The van der Waals surface area contributed by atoms with Crippen LogP contribution < -0.4 is 0 Å². The van der Waals surface area contributed by atoms with Crippen molar-refractivity contribution >= 4 is 0 Å². The van der Waals surface area contributed by atoms with Gasteiger partial charge in [-0.1, -0.05) is 6.42 Å². The summed E-state index contributed by atoms with van der Waals surface area (Å²) in [5.74, 6) is 0. The molecule has 5 heteroatoms. The second-order valence-corrected chi connectivity index (χ2v) is 2.44. The number of ether oxygens (including phenoxy) is 2. The average molecular weight is 174 g/mol. The summed E-state index contributed by atoms with van der Waals surface area (Å²) in [6, 6.07) is 0. The largest absolute Gasteiger partial charge is 0.435 e. The Morgan fingerprint density at radius 2 is 2.17 bits per heavy atom. The van der Waals surface area contributed by atoms with Gasteiger partial charge in [-0.25, -0.2) is 0 Å². The van der Waals surface area contributed by atoms with Crippen LogP contribution in [0.2, 0.25) is 0 Å². The normalized spacial score (nSPS) is 40.8. The van der Waals surface area contributed by atoms with E-state index in [0.29, 0.717) is 0 Å². The number of hydrogen-bond donors (Lipinski definition) is 3. The lowest BCUT2D eigenvalue weighted by atomic mass is 10.1. The maximum atomic E-state index is 9.28. The van der Waals surface area contributed by atoms with Crippen molar-refractivity contribution in [3.05, 3.63) is 0 Å². The first kappa shape index (κ1) is 9.29. The van der Waals surface area contributed by atoms with Gasteiger partial charge < -0.3 is 24.8 Å². The van der Waals surface area contributed by atoms with Crippen LogP contribution >= 0.6 is 0 Å². The molecule has 3 N–H and O–H groups in total. The van der Waals surface area contributed by atoms with Crippen LogP contribution in [-0.4, -0.2) is 46.5 Å². The minimum absolute atomic E-state index is 0.386. The molecule has 1 heterocycles. The lowest BCUT2D eigenvalue weighted by Crippen LogP contribution is -2.35. The second kappa shape index (κ2) is 3.74. The molecule has 12 heavy (non-hydrogen) atoms. The third kappa shape index (κ3) is 1.52. The Balaban J connectivity index is 2.58. The van der Waals surface area contributed by atoms with Crippen LogP contribution in [0.5, 0.6) is 0 Å². The number of aliphatic hydroxyl groups excluding tert-OH is 3. The van der Waals surface area contributed by atoms with Gasteiger partial charge in [-0.3, -0.25) is 0 Å². The van der Waals surface area contributed by atoms with Gasteiger partial charge in [-0.15, -0.1) is 0 Å². The molecule has 0 aromatic carbocycles. The number of hydrogen-bond acceptors (Lipinski definition) is 5. The molecule has 1 rings (SSSR count). The van der Waals surface area contributed by atoms with Crippen LogP contribution in [-0.2, 0) is 9.47 Å². The van der Waals surface area contributed by atoms with Crippen LogP contribution in [0.25, 0.3) is 0 Å². The Morgan fingerprint density at radius 1 is 1.50 bits per heavy atom. The summed E-state index contributed by atoms with van der Waals surface area (Å²) >= 11 is 0. The lowest BCUT2D eigenvalue weighted by molar-refractivity contribution is -0.132. The Hall–Kier alpha value is -0.800. The predicted molar refractivity (Wildman–Crippen MR) is 37.7 cm³/mol. The number of terminal acetylenes is 1. The quantitative estimate of drug-likeness (QED) is 0.423. The molecule has 4 atom stereocenters. The first-order valence-corrected chi connectivity index (χ1v) is 3.44. The Bertz CT molecular complexity index is 187. The molecule has 68 valence electrons. The minimum Gasteiger partial charge on any atom is -0.435 e. The zero-order valence-corrected chi connectivity index (χ0v) is 6.25. The Kier molecular flexibility index (Phi) is 2.89. The molecular formula is C7H10O5. The van der Waals surface area contributed by atoms with Gasteiger partial charge in [-0.2, -0.15) is 0 Å². The van der Waals surface area contributed by atoms with E-state index in [2.05, 4.69) is 4.74 Å². The fourth-order valence-electron chi connectivity index (χ4n) is 1.07. The van der Waals surface area contributed by atoms with Crippen molar-refractivity contribution < 1.29 is 24.8 Å². The summed E-state index contributed by atoms with van der Waals surface area (Å²) < 4.78 is 9.27. The molecule has 1 aliphatic rings. The summed E-state index contributed by atoms with van der Waals surface area (Å²) in [7, 11) is 0. The third-order valence-electron chi connectivity index (χ3n) is 1.70. The van der Waals surface area contributed by atoms with E-state index in [9.17, 15) is 5.11 Å². The highest BCUT2D eigenvalue weighted by atomic mass is 16.7. The van der Waals surface area contributed by atoms with E-state index in [1.165, 1.54) is 0 Å². The molecule has 0 radical (unpaired) electrons. The van der Waals surface area contributed by atoms with Crippen molar-refractivity contribution in [3.63, 3.8) is 0 Å². The van der Waals surface area contributed by atoms with Gasteiger partial charge in [0.25, 0.3) is 0 Å². The van der Waals surface area contributed by atoms with E-state index in [1.807, 2.05) is 6.11 Å². The van der Waals surface area contributed by atoms with Crippen molar-refractivity contribution in [2.45, 2.75) is 24.6 Å². The van der Waals surface area contributed by atoms with Gasteiger partial charge >= 0.3 is 0 Å². The maximum absolute atomic E-state index is 9.28. The average Bonchev–Trinajstić information content (AvgIpc) is 2.32. The molecule has 5 nitrogen and oxygen atoms in total.